The van der Waals surface area contributed by atoms with E-state index < -0.39 is 21.7 Å². The highest BCUT2D eigenvalue weighted by Gasteiger charge is 2.18. The summed E-state index contributed by atoms with van der Waals surface area (Å²) in [5.74, 6) is -1.01. The predicted octanol–water partition coefficient (Wildman–Crippen LogP) is 3.97. The maximum atomic E-state index is 13.2. The summed E-state index contributed by atoms with van der Waals surface area (Å²) >= 11 is 6.22. The van der Waals surface area contributed by atoms with Crippen molar-refractivity contribution in [2.45, 2.75) is 11.4 Å². The average molecular weight is 441 g/mol. The number of rotatable bonds is 4. The summed E-state index contributed by atoms with van der Waals surface area (Å²) in [6.07, 6.45) is 0. The first kappa shape index (κ1) is 16.5. The van der Waals surface area contributed by atoms with Gasteiger partial charge in [0, 0.05) is 15.5 Å². The van der Waals surface area contributed by atoms with Crippen molar-refractivity contribution >= 4 is 41.9 Å². The second kappa shape index (κ2) is 6.51. The number of sulfonamides is 1. The van der Waals surface area contributed by atoms with Crippen LogP contribution in [-0.2, 0) is 16.6 Å². The molecule has 0 aliphatic heterocycles. The monoisotopic (exact) mass is 439 g/mol. The van der Waals surface area contributed by atoms with Gasteiger partial charge in [0.25, 0.3) is 0 Å². The van der Waals surface area contributed by atoms with Crippen LogP contribution in [-0.4, -0.2) is 8.42 Å². The maximum Gasteiger partial charge on any atom is 0.241 e. The van der Waals surface area contributed by atoms with Crippen LogP contribution >= 0.6 is 31.9 Å². The van der Waals surface area contributed by atoms with Crippen molar-refractivity contribution in [3.63, 3.8) is 0 Å². The molecule has 0 unspecified atom stereocenters. The first-order valence-corrected chi connectivity index (χ1v) is 8.75. The van der Waals surface area contributed by atoms with Gasteiger partial charge in [0.2, 0.25) is 10.0 Å². The fourth-order valence-corrected chi connectivity index (χ4v) is 4.06. The molecule has 0 saturated carbocycles. The van der Waals surface area contributed by atoms with Crippen LogP contribution in [0.4, 0.5) is 8.78 Å². The van der Waals surface area contributed by atoms with Crippen LogP contribution in [0.3, 0.4) is 0 Å². The molecule has 112 valence electrons. The van der Waals surface area contributed by atoms with E-state index in [2.05, 4.69) is 36.6 Å². The summed E-state index contributed by atoms with van der Waals surface area (Å²) in [5.41, 5.74) is 0.455. The lowest BCUT2D eigenvalue weighted by molar-refractivity contribution is 0.578. The number of halogens is 4. The topological polar surface area (TPSA) is 46.2 Å². The van der Waals surface area contributed by atoms with Crippen LogP contribution in [0.5, 0.6) is 0 Å². The van der Waals surface area contributed by atoms with Gasteiger partial charge in [-0.25, -0.2) is 21.9 Å². The van der Waals surface area contributed by atoms with E-state index in [-0.39, 0.29) is 15.9 Å². The molecule has 2 aromatic carbocycles. The maximum absolute atomic E-state index is 13.2. The van der Waals surface area contributed by atoms with E-state index in [0.29, 0.717) is 10.0 Å². The van der Waals surface area contributed by atoms with E-state index in [1.165, 1.54) is 18.2 Å². The summed E-state index contributed by atoms with van der Waals surface area (Å²) < 4.78 is 53.5. The van der Waals surface area contributed by atoms with Gasteiger partial charge in [-0.2, -0.15) is 0 Å². The van der Waals surface area contributed by atoms with Crippen molar-refractivity contribution in [3.05, 3.63) is 62.5 Å². The normalized spacial score (nSPS) is 11.6. The second-order valence-corrected chi connectivity index (χ2v) is 7.58. The molecule has 0 spiro atoms. The van der Waals surface area contributed by atoms with Crippen LogP contribution in [0.1, 0.15) is 5.56 Å². The zero-order valence-corrected chi connectivity index (χ0v) is 14.4. The Morgan fingerprint density at radius 3 is 2.24 bits per heavy atom. The quantitative estimate of drug-likeness (QED) is 0.781. The third-order valence-electron chi connectivity index (χ3n) is 2.64. The Labute approximate surface area is 137 Å². The zero-order valence-electron chi connectivity index (χ0n) is 10.4. The fraction of sp³-hybridized carbons (Fsp3) is 0.0769. The fourth-order valence-electron chi connectivity index (χ4n) is 1.62. The molecule has 8 heteroatoms. The van der Waals surface area contributed by atoms with Gasteiger partial charge in [0.15, 0.2) is 0 Å². The van der Waals surface area contributed by atoms with Gasteiger partial charge in [0.1, 0.15) is 11.6 Å². The van der Waals surface area contributed by atoms with Crippen molar-refractivity contribution in [1.29, 1.82) is 0 Å². The van der Waals surface area contributed by atoms with Crippen LogP contribution in [0.25, 0.3) is 0 Å². The van der Waals surface area contributed by atoms with Gasteiger partial charge in [-0.1, -0.05) is 15.9 Å². The zero-order chi connectivity index (χ0) is 15.6. The Kier molecular flexibility index (Phi) is 5.13. The Hall–Kier alpha value is -0.830. The minimum atomic E-state index is -3.84. The molecule has 0 fully saturated rings. The number of hydrogen-bond donors (Lipinski definition) is 1. The van der Waals surface area contributed by atoms with Crippen LogP contribution in [0.2, 0.25) is 0 Å². The summed E-state index contributed by atoms with van der Waals surface area (Å²) in [6.45, 7) is -0.0928. The van der Waals surface area contributed by atoms with E-state index in [1.807, 2.05) is 0 Å². The second-order valence-electron chi connectivity index (χ2n) is 4.14. The highest BCUT2D eigenvalue weighted by atomic mass is 79.9. The van der Waals surface area contributed by atoms with Gasteiger partial charge < -0.3 is 0 Å². The molecular formula is C13H9Br2F2NO2S. The Bertz CT molecular complexity index is 782. The minimum absolute atomic E-state index is 0.0866. The third kappa shape index (κ3) is 4.09. The van der Waals surface area contributed by atoms with Crippen molar-refractivity contribution in [2.75, 3.05) is 0 Å². The summed E-state index contributed by atoms with van der Waals surface area (Å²) in [7, 11) is -3.84. The van der Waals surface area contributed by atoms with E-state index in [1.54, 1.807) is 0 Å². The molecule has 0 aromatic heterocycles. The number of benzene rings is 2. The first-order chi connectivity index (χ1) is 9.79. The molecule has 1 N–H and O–H groups in total. The van der Waals surface area contributed by atoms with Gasteiger partial charge >= 0.3 is 0 Å². The van der Waals surface area contributed by atoms with E-state index in [0.717, 1.165) is 18.2 Å². The highest BCUT2D eigenvalue weighted by Crippen LogP contribution is 2.23. The molecule has 0 aliphatic carbocycles. The van der Waals surface area contributed by atoms with Gasteiger partial charge in [-0.3, -0.25) is 0 Å². The molecule has 0 saturated heterocycles. The minimum Gasteiger partial charge on any atom is -0.207 e. The van der Waals surface area contributed by atoms with E-state index >= 15 is 0 Å². The van der Waals surface area contributed by atoms with Crippen LogP contribution < -0.4 is 4.72 Å². The van der Waals surface area contributed by atoms with E-state index in [9.17, 15) is 17.2 Å². The Morgan fingerprint density at radius 2 is 1.57 bits per heavy atom. The smallest absolute Gasteiger partial charge is 0.207 e. The lowest BCUT2D eigenvalue weighted by atomic mass is 10.2. The third-order valence-corrected chi connectivity index (χ3v) is 5.80. The molecule has 0 amide bonds. The van der Waals surface area contributed by atoms with Gasteiger partial charge in [-0.05, 0) is 57.9 Å². The molecule has 2 aromatic rings. The standard InChI is InChI=1S/C13H9Br2F2NO2S/c14-11-3-1-9(16)5-8(11)7-18-21(19,20)13-4-2-10(17)6-12(13)15/h1-6,18H,7H2. The molecule has 0 aliphatic rings. The predicted molar refractivity (Wildman–Crippen MR) is 82.2 cm³/mol. The van der Waals surface area contributed by atoms with Crippen molar-refractivity contribution in [3.8, 4) is 0 Å². The molecule has 3 nitrogen and oxygen atoms in total. The summed E-state index contributed by atoms with van der Waals surface area (Å²) in [5, 5.41) is 0. The van der Waals surface area contributed by atoms with Crippen molar-refractivity contribution in [2.24, 2.45) is 0 Å². The lowest BCUT2D eigenvalue weighted by Crippen LogP contribution is -2.24. The van der Waals surface area contributed by atoms with Gasteiger partial charge in [0.05, 0.1) is 4.90 Å². The highest BCUT2D eigenvalue weighted by molar-refractivity contribution is 9.10. The molecule has 21 heavy (non-hydrogen) atoms. The molecular weight excluding hydrogens is 432 g/mol. The average Bonchev–Trinajstić information content (AvgIpc) is 2.39. The lowest BCUT2D eigenvalue weighted by Gasteiger charge is -2.10. The summed E-state index contributed by atoms with van der Waals surface area (Å²) in [6, 6.07) is 7.25. The van der Waals surface area contributed by atoms with Crippen LogP contribution in [0, 0.1) is 11.6 Å². The molecule has 0 bridgehead atoms. The molecule has 0 heterocycles. The van der Waals surface area contributed by atoms with E-state index in [4.69, 9.17) is 0 Å². The number of nitrogens with one attached hydrogen (secondary N) is 1. The first-order valence-electron chi connectivity index (χ1n) is 5.68. The Morgan fingerprint density at radius 1 is 0.952 bits per heavy atom. The number of hydrogen-bond acceptors (Lipinski definition) is 2. The molecule has 0 radical (unpaired) electrons. The summed E-state index contributed by atoms with van der Waals surface area (Å²) in [4.78, 5) is -0.0866. The largest absolute Gasteiger partial charge is 0.241 e. The molecule has 2 rings (SSSR count). The Balaban J connectivity index is 2.24. The van der Waals surface area contributed by atoms with Gasteiger partial charge in [-0.15, -0.1) is 0 Å². The molecule has 0 atom stereocenters. The van der Waals surface area contributed by atoms with Crippen molar-refractivity contribution in [1.82, 2.24) is 4.72 Å². The van der Waals surface area contributed by atoms with Crippen molar-refractivity contribution < 1.29 is 17.2 Å². The van der Waals surface area contributed by atoms with Crippen LogP contribution in [0.15, 0.2) is 50.2 Å². The SMILES string of the molecule is O=S(=O)(NCc1cc(F)ccc1Br)c1ccc(F)cc1Br.